The second kappa shape index (κ2) is 51.8. The zero-order chi connectivity index (χ0) is 93.3. The van der Waals surface area contributed by atoms with Crippen molar-refractivity contribution in [1.82, 2.24) is 114 Å². The molecule has 0 saturated heterocycles. The monoisotopic (exact) mass is 1730 g/mol. The molecule has 0 amide bonds. The van der Waals surface area contributed by atoms with Crippen LogP contribution in [0.25, 0.3) is 77.0 Å². The van der Waals surface area contributed by atoms with Gasteiger partial charge >= 0.3 is 0 Å². The minimum absolute atomic E-state index is 0.247. The largest absolute Gasteiger partial charge is 0.383 e. The van der Waals surface area contributed by atoms with Crippen LogP contribution < -0.4 is 22.9 Å². The smallest absolute Gasteiger partial charge is 0.164 e. The Balaban J connectivity index is 0.000000182. The van der Waals surface area contributed by atoms with Crippen LogP contribution in [-0.4, -0.2) is 114 Å². The van der Waals surface area contributed by atoms with Gasteiger partial charge in [-0.3, -0.25) is 5.10 Å². The van der Waals surface area contributed by atoms with Crippen LogP contribution >= 0.6 is 0 Å². The van der Waals surface area contributed by atoms with E-state index in [2.05, 4.69) is 211 Å². The number of aromatic amines is 3. The number of hydrogen-bond donors (Lipinski definition) is 7. The molecule has 13 heterocycles. The molecule has 4 aliphatic carbocycles. The average Bonchev–Trinajstić information content (AvgIpc) is 1.63. The molecule has 129 heavy (non-hydrogen) atoms. The van der Waals surface area contributed by atoms with Crippen LogP contribution in [0.15, 0.2) is 245 Å². The third kappa shape index (κ3) is 24.0. The summed E-state index contributed by atoms with van der Waals surface area (Å²) in [6, 6.07) is 61.2. The van der Waals surface area contributed by atoms with Gasteiger partial charge in [-0.15, -0.1) is 0 Å². The van der Waals surface area contributed by atoms with E-state index in [-0.39, 0.29) is 24.2 Å². The normalized spacial score (nSPS) is 13.8. The highest BCUT2D eigenvalue weighted by atomic mass is 15.4. The maximum absolute atomic E-state index is 5.96. The summed E-state index contributed by atoms with van der Waals surface area (Å²) < 4.78 is 8.03. The van der Waals surface area contributed by atoms with Crippen molar-refractivity contribution in [3.05, 3.63) is 312 Å². The first kappa shape index (κ1) is 99.9. The number of nitrogens with zero attached hydrogens (tertiary/aromatic N) is 20. The number of nitrogens with two attached hydrogens (primary N) is 4. The van der Waals surface area contributed by atoms with Crippen LogP contribution in [0.5, 0.6) is 0 Å². The zero-order valence-corrected chi connectivity index (χ0v) is 78.8. The Morgan fingerprint density at radius 2 is 0.589 bits per heavy atom. The lowest BCUT2D eigenvalue weighted by atomic mass is 10.1. The molecule has 27 nitrogen and oxygen atoms in total. The molecule has 0 spiro atoms. The van der Waals surface area contributed by atoms with Gasteiger partial charge in [-0.05, 0) is 171 Å². The molecule has 13 aromatic heterocycles. The summed E-state index contributed by atoms with van der Waals surface area (Å²) in [5, 5.41) is 32.5. The van der Waals surface area contributed by atoms with E-state index in [0.29, 0.717) is 23.3 Å². The topological polar surface area (TPSA) is 377 Å². The molecule has 674 valence electrons. The van der Waals surface area contributed by atoms with Gasteiger partial charge in [0, 0.05) is 47.3 Å². The molecular weight excluding hydrogens is 1600 g/mol. The predicted octanol–water partition coefficient (Wildman–Crippen LogP) is 23.0. The molecule has 4 unspecified atom stereocenters. The Morgan fingerprint density at radius 3 is 0.907 bits per heavy atom. The molecule has 11 N–H and O–H groups in total. The lowest BCUT2D eigenvalue weighted by Gasteiger charge is -2.13. The summed E-state index contributed by atoms with van der Waals surface area (Å²) in [5.41, 5.74) is 45.0. The Kier molecular flexibility index (Phi) is 40.1. The number of benzene rings is 6. The fraction of sp³-hybridized carbons (Fsp3) is 0.314. The number of nitrogen functional groups attached to an aromatic ring is 4. The number of pyridine rings is 1. The van der Waals surface area contributed by atoms with Gasteiger partial charge in [-0.1, -0.05) is 244 Å². The summed E-state index contributed by atoms with van der Waals surface area (Å²) in [6.07, 6.45) is 26.9. The number of anilines is 4. The number of hydrogen-bond acceptors (Lipinski definition) is 20. The van der Waals surface area contributed by atoms with E-state index in [1.165, 1.54) is 87.0 Å². The molecular formula is C102H131N27. The van der Waals surface area contributed by atoms with Crippen LogP contribution in [0.3, 0.4) is 0 Å². The number of para-hydroxylation sites is 2. The third-order valence-electron chi connectivity index (χ3n) is 21.0. The lowest BCUT2D eigenvalue weighted by molar-refractivity contribution is 0.529. The Morgan fingerprint density at radius 1 is 0.287 bits per heavy atom. The second-order valence-corrected chi connectivity index (χ2v) is 27.8. The zero-order valence-electron chi connectivity index (χ0n) is 78.8. The number of H-pyrrole nitrogens is 3. The maximum atomic E-state index is 5.96. The van der Waals surface area contributed by atoms with Gasteiger partial charge in [-0.2, -0.15) is 25.5 Å². The average molecular weight is 1740 g/mol. The third-order valence-corrected chi connectivity index (χ3v) is 21.0. The van der Waals surface area contributed by atoms with Crippen LogP contribution in [0.4, 0.5) is 23.3 Å². The number of fused-ring (bicyclic) bond motifs is 11. The minimum atomic E-state index is 0.247. The van der Waals surface area contributed by atoms with Crippen molar-refractivity contribution in [2.45, 2.75) is 214 Å². The Hall–Kier alpha value is -14.5. The number of aromatic nitrogens is 23. The molecule has 0 saturated carbocycles. The quantitative estimate of drug-likeness (QED) is 0.0860. The van der Waals surface area contributed by atoms with E-state index in [9.17, 15) is 0 Å². The van der Waals surface area contributed by atoms with Gasteiger partial charge in [-0.25, -0.2) is 73.6 Å². The number of nitrogens with one attached hydrogen (secondary N) is 3. The van der Waals surface area contributed by atoms with Crippen molar-refractivity contribution >= 4 is 100 Å². The molecule has 4 atom stereocenters. The van der Waals surface area contributed by atoms with Crippen LogP contribution in [-0.2, 0) is 25.7 Å². The van der Waals surface area contributed by atoms with Crippen molar-refractivity contribution < 1.29 is 0 Å². The number of rotatable bonds is 4. The molecule has 0 radical (unpaired) electrons. The van der Waals surface area contributed by atoms with Gasteiger partial charge < -0.3 is 32.9 Å². The van der Waals surface area contributed by atoms with Crippen molar-refractivity contribution in [3.8, 4) is 0 Å². The van der Waals surface area contributed by atoms with Crippen LogP contribution in [0.1, 0.15) is 228 Å². The van der Waals surface area contributed by atoms with Crippen molar-refractivity contribution in [2.24, 2.45) is 0 Å². The lowest BCUT2D eigenvalue weighted by Crippen LogP contribution is -2.10. The van der Waals surface area contributed by atoms with Gasteiger partial charge in [0.2, 0.25) is 0 Å². The van der Waals surface area contributed by atoms with E-state index in [1.807, 2.05) is 230 Å². The predicted molar refractivity (Wildman–Crippen MR) is 533 cm³/mol. The maximum Gasteiger partial charge on any atom is 0.164 e. The second-order valence-electron chi connectivity index (χ2n) is 27.8. The van der Waals surface area contributed by atoms with E-state index in [4.69, 9.17) is 22.9 Å². The highest BCUT2D eigenvalue weighted by Gasteiger charge is 2.32. The van der Waals surface area contributed by atoms with E-state index in [0.717, 1.165) is 140 Å². The summed E-state index contributed by atoms with van der Waals surface area (Å²) in [5.74, 6) is 2.02. The fourth-order valence-corrected chi connectivity index (χ4v) is 15.7. The summed E-state index contributed by atoms with van der Waals surface area (Å²) in [6.45, 7) is 39.8. The van der Waals surface area contributed by atoms with E-state index < -0.39 is 0 Å². The minimum Gasteiger partial charge on any atom is -0.383 e. The van der Waals surface area contributed by atoms with Gasteiger partial charge in [0.1, 0.15) is 60.6 Å². The van der Waals surface area contributed by atoms with E-state index in [1.54, 1.807) is 24.7 Å². The van der Waals surface area contributed by atoms with Gasteiger partial charge in [0.15, 0.2) is 22.6 Å². The van der Waals surface area contributed by atoms with Crippen molar-refractivity contribution in [1.29, 1.82) is 0 Å². The van der Waals surface area contributed by atoms with E-state index >= 15 is 0 Å². The van der Waals surface area contributed by atoms with Crippen molar-refractivity contribution in [3.63, 3.8) is 0 Å². The van der Waals surface area contributed by atoms with Gasteiger partial charge in [0.05, 0.1) is 80.2 Å². The fourth-order valence-electron chi connectivity index (χ4n) is 15.7. The summed E-state index contributed by atoms with van der Waals surface area (Å²) >= 11 is 0. The molecule has 4 aliphatic rings. The Bertz CT molecular complexity index is 5670. The highest BCUT2D eigenvalue weighted by molar-refractivity contribution is 5.91. The summed E-state index contributed by atoms with van der Waals surface area (Å²) in [7, 11) is 0. The first-order valence-corrected chi connectivity index (χ1v) is 45.5. The SMILES string of the molecule is CC.CC.CC.CC.CC.CC.CC.CC.Cc1nn(C2CCc3ccccc32)c2ncnc(N)c12.Cc1nn(C2CCc3ccccc32)c2ncnc(N)c12.Cc1nn(C2CCc3ccccc32)c2ncnc(N)c12.Cc1nn(C2CCc3ccccc32)c2ncnc(N)c12.c1ccc2[nH]ccc2c1.c1ccc2[nH]ncc2c1.c1cnc2[nH]ccc2c1.c1cncnc1. The highest BCUT2D eigenvalue weighted by Crippen LogP contribution is 2.41. The molecule has 0 aliphatic heterocycles. The number of aryl methyl sites for hydroxylation is 8. The molecule has 19 aromatic rings. The molecule has 23 rings (SSSR count). The molecule has 27 heteroatoms. The van der Waals surface area contributed by atoms with Gasteiger partial charge in [0.25, 0.3) is 0 Å². The van der Waals surface area contributed by atoms with Crippen molar-refractivity contribution in [2.75, 3.05) is 22.9 Å². The molecule has 0 fully saturated rings. The van der Waals surface area contributed by atoms with Crippen LogP contribution in [0, 0.1) is 27.7 Å². The summed E-state index contributed by atoms with van der Waals surface area (Å²) in [4.78, 5) is 51.4. The standard InChI is InChI=1S/4C15H15N5.C8H7N.2C7H6N2.C4H4N2.8C2H6/c4*1-9-13-14(16)17-8-18-15(13)20(19-9)12-7-6-10-4-2-3-5-11(10)12;1-2-4-8-7(3-1)5-6-9-8;1-2-6-3-5-9-7(6)8-4-1;1-2-4-7-6(3-1)5-8-9-7;1-2-5-4-6-3-1;8*1-2/h4*2-5,8,12H,6-7H2,1H3,(H2,16,17,18);1-6,9H;2*1-5H,(H,8,9);1-4H;8*1-2H3. The molecule has 6 aromatic carbocycles. The first-order chi connectivity index (χ1) is 63.4. The first-order valence-electron chi connectivity index (χ1n) is 45.5. The van der Waals surface area contributed by atoms with Crippen LogP contribution in [0.2, 0.25) is 0 Å². The molecule has 0 bridgehead atoms. The Labute approximate surface area is 759 Å².